The molecular weight excluding hydrogens is 226 g/mol. The van der Waals surface area contributed by atoms with E-state index in [4.69, 9.17) is 5.11 Å². The van der Waals surface area contributed by atoms with Crippen molar-refractivity contribution in [2.75, 3.05) is 6.61 Å². The van der Waals surface area contributed by atoms with E-state index >= 15 is 0 Å². The molecule has 0 atom stereocenters. The number of hydrogen-bond acceptors (Lipinski definition) is 2. The molecule has 1 aromatic rings. The van der Waals surface area contributed by atoms with Gasteiger partial charge in [0.05, 0.1) is 0 Å². The molecule has 2 N–H and O–H groups in total. The Morgan fingerprint density at radius 1 is 1.28 bits per heavy atom. The second-order valence-electron chi connectivity index (χ2n) is 5.19. The van der Waals surface area contributed by atoms with Crippen molar-refractivity contribution < 1.29 is 9.90 Å². The third-order valence-corrected chi connectivity index (χ3v) is 3.83. The summed E-state index contributed by atoms with van der Waals surface area (Å²) in [5.74, 6) is 0.456. The van der Waals surface area contributed by atoms with Crippen LogP contribution < -0.4 is 5.32 Å². The molecule has 0 radical (unpaired) electrons. The number of nitrogens with one attached hydrogen (secondary N) is 1. The molecule has 2 rings (SSSR count). The highest BCUT2D eigenvalue weighted by atomic mass is 16.3. The minimum absolute atomic E-state index is 0.0283. The molecule has 0 heterocycles. The van der Waals surface area contributed by atoms with Crippen molar-refractivity contribution in [2.24, 2.45) is 5.92 Å². The van der Waals surface area contributed by atoms with Gasteiger partial charge in [0.15, 0.2) is 0 Å². The largest absolute Gasteiger partial charge is 0.396 e. The third kappa shape index (κ3) is 3.10. The fourth-order valence-electron chi connectivity index (χ4n) is 2.58. The summed E-state index contributed by atoms with van der Waals surface area (Å²) in [6, 6.07) is 7.92. The topological polar surface area (TPSA) is 49.3 Å². The van der Waals surface area contributed by atoms with Gasteiger partial charge in [-0.1, -0.05) is 18.2 Å². The fourth-order valence-corrected chi connectivity index (χ4v) is 2.58. The van der Waals surface area contributed by atoms with Crippen LogP contribution in [0.4, 0.5) is 0 Å². The lowest BCUT2D eigenvalue weighted by Gasteiger charge is -2.28. The molecule has 1 fully saturated rings. The average Bonchev–Trinajstić information content (AvgIpc) is 2.40. The molecule has 0 aliphatic heterocycles. The Bertz CT molecular complexity index is 409. The molecule has 3 nitrogen and oxygen atoms in total. The zero-order valence-corrected chi connectivity index (χ0v) is 10.9. The van der Waals surface area contributed by atoms with Crippen molar-refractivity contribution in [3.63, 3.8) is 0 Å². The second kappa shape index (κ2) is 6.01. The van der Waals surface area contributed by atoms with Crippen LogP contribution in [0.25, 0.3) is 0 Å². The van der Waals surface area contributed by atoms with Crippen LogP contribution in [0.2, 0.25) is 0 Å². The van der Waals surface area contributed by atoms with Crippen LogP contribution in [-0.2, 0) is 0 Å². The highest BCUT2D eigenvalue weighted by molar-refractivity contribution is 5.95. The molecule has 0 saturated heterocycles. The minimum Gasteiger partial charge on any atom is -0.396 e. The van der Waals surface area contributed by atoms with Crippen LogP contribution in [-0.4, -0.2) is 23.7 Å². The van der Waals surface area contributed by atoms with Crippen molar-refractivity contribution >= 4 is 5.91 Å². The normalized spacial score (nSPS) is 23.7. The smallest absolute Gasteiger partial charge is 0.251 e. The summed E-state index contributed by atoms with van der Waals surface area (Å²) in [5.41, 5.74) is 1.78. The van der Waals surface area contributed by atoms with Gasteiger partial charge in [0, 0.05) is 18.2 Å². The summed E-state index contributed by atoms with van der Waals surface area (Å²) in [5, 5.41) is 12.2. The molecular formula is C15H21NO2. The Morgan fingerprint density at radius 3 is 2.56 bits per heavy atom. The second-order valence-corrected chi connectivity index (χ2v) is 5.19. The number of benzene rings is 1. The van der Waals surface area contributed by atoms with Gasteiger partial charge < -0.3 is 10.4 Å². The van der Waals surface area contributed by atoms with Gasteiger partial charge in [0.2, 0.25) is 0 Å². The Labute approximate surface area is 108 Å². The minimum atomic E-state index is 0.0283. The summed E-state index contributed by atoms with van der Waals surface area (Å²) in [4.78, 5) is 12.1. The Balaban J connectivity index is 1.91. The van der Waals surface area contributed by atoms with E-state index in [9.17, 15) is 4.79 Å². The lowest BCUT2D eigenvalue weighted by Crippen LogP contribution is -2.38. The van der Waals surface area contributed by atoms with E-state index in [1.807, 2.05) is 31.2 Å². The van der Waals surface area contributed by atoms with Gasteiger partial charge in [-0.2, -0.15) is 0 Å². The van der Waals surface area contributed by atoms with E-state index in [1.165, 1.54) is 0 Å². The number of aliphatic hydroxyl groups is 1. The first kappa shape index (κ1) is 13.1. The molecule has 0 bridgehead atoms. The van der Waals surface area contributed by atoms with Gasteiger partial charge in [-0.25, -0.2) is 0 Å². The lowest BCUT2D eigenvalue weighted by atomic mass is 9.86. The maximum absolute atomic E-state index is 12.1. The van der Waals surface area contributed by atoms with Gasteiger partial charge in [-0.05, 0) is 50.2 Å². The molecule has 1 saturated carbocycles. The molecule has 1 aliphatic rings. The number of aryl methyl sites for hydroxylation is 1. The van der Waals surface area contributed by atoms with Crippen LogP contribution in [0.1, 0.15) is 41.6 Å². The van der Waals surface area contributed by atoms with Crippen LogP contribution in [0.15, 0.2) is 24.3 Å². The van der Waals surface area contributed by atoms with E-state index in [0.29, 0.717) is 5.92 Å². The third-order valence-electron chi connectivity index (χ3n) is 3.83. The van der Waals surface area contributed by atoms with E-state index in [0.717, 1.165) is 36.8 Å². The van der Waals surface area contributed by atoms with Gasteiger partial charge in [-0.15, -0.1) is 0 Å². The zero-order chi connectivity index (χ0) is 13.0. The predicted molar refractivity (Wildman–Crippen MR) is 71.5 cm³/mol. The van der Waals surface area contributed by atoms with Crippen molar-refractivity contribution in [3.05, 3.63) is 35.4 Å². The van der Waals surface area contributed by atoms with Gasteiger partial charge in [0.1, 0.15) is 0 Å². The molecule has 1 amide bonds. The molecule has 0 aromatic heterocycles. The first-order valence-corrected chi connectivity index (χ1v) is 6.68. The highest BCUT2D eigenvalue weighted by Gasteiger charge is 2.22. The van der Waals surface area contributed by atoms with Gasteiger partial charge in [-0.3, -0.25) is 4.79 Å². The van der Waals surface area contributed by atoms with E-state index in [1.54, 1.807) is 0 Å². The van der Waals surface area contributed by atoms with E-state index < -0.39 is 0 Å². The molecule has 0 spiro atoms. The lowest BCUT2D eigenvalue weighted by molar-refractivity contribution is 0.0913. The zero-order valence-electron chi connectivity index (χ0n) is 10.9. The molecule has 3 heteroatoms. The monoisotopic (exact) mass is 247 g/mol. The molecule has 1 aromatic carbocycles. The molecule has 0 unspecified atom stereocenters. The maximum atomic E-state index is 12.1. The first-order chi connectivity index (χ1) is 8.70. The fraction of sp³-hybridized carbons (Fsp3) is 0.533. The van der Waals surface area contributed by atoms with Crippen molar-refractivity contribution in [1.82, 2.24) is 5.32 Å². The number of carbonyl (C=O) groups is 1. The van der Waals surface area contributed by atoms with Crippen LogP contribution in [0, 0.1) is 12.8 Å². The SMILES string of the molecule is Cc1ccccc1C(=O)NC1CCC(CO)CC1. The number of rotatable bonds is 3. The maximum Gasteiger partial charge on any atom is 0.251 e. The van der Waals surface area contributed by atoms with Gasteiger partial charge >= 0.3 is 0 Å². The molecule has 1 aliphatic carbocycles. The number of carbonyl (C=O) groups excluding carboxylic acids is 1. The summed E-state index contributed by atoms with van der Waals surface area (Å²) >= 11 is 0. The standard InChI is InChI=1S/C15H21NO2/c1-11-4-2-3-5-14(11)15(18)16-13-8-6-12(10-17)7-9-13/h2-5,12-13,17H,6-10H2,1H3,(H,16,18). The summed E-state index contributed by atoms with van der Waals surface area (Å²) < 4.78 is 0. The Hall–Kier alpha value is -1.35. The first-order valence-electron chi connectivity index (χ1n) is 6.68. The van der Waals surface area contributed by atoms with Crippen LogP contribution in [0.5, 0.6) is 0 Å². The predicted octanol–water partition coefficient (Wildman–Crippen LogP) is 2.28. The van der Waals surface area contributed by atoms with Crippen LogP contribution >= 0.6 is 0 Å². The summed E-state index contributed by atoms with van der Waals surface area (Å²) in [7, 11) is 0. The number of hydrogen-bond donors (Lipinski definition) is 2. The average molecular weight is 247 g/mol. The van der Waals surface area contributed by atoms with Crippen molar-refractivity contribution in [2.45, 2.75) is 38.6 Å². The van der Waals surface area contributed by atoms with E-state index in [-0.39, 0.29) is 18.6 Å². The Kier molecular flexibility index (Phi) is 4.37. The van der Waals surface area contributed by atoms with Gasteiger partial charge in [0.25, 0.3) is 5.91 Å². The highest BCUT2D eigenvalue weighted by Crippen LogP contribution is 2.24. The Morgan fingerprint density at radius 2 is 1.94 bits per heavy atom. The van der Waals surface area contributed by atoms with Crippen molar-refractivity contribution in [3.8, 4) is 0 Å². The van der Waals surface area contributed by atoms with E-state index in [2.05, 4.69) is 5.32 Å². The number of amides is 1. The molecule has 98 valence electrons. The summed E-state index contributed by atoms with van der Waals surface area (Å²) in [6.07, 6.45) is 3.97. The van der Waals surface area contributed by atoms with Crippen molar-refractivity contribution in [1.29, 1.82) is 0 Å². The quantitative estimate of drug-likeness (QED) is 0.861. The molecule has 18 heavy (non-hydrogen) atoms. The summed E-state index contributed by atoms with van der Waals surface area (Å²) in [6.45, 7) is 2.23. The number of aliphatic hydroxyl groups excluding tert-OH is 1. The van der Waals surface area contributed by atoms with Crippen LogP contribution in [0.3, 0.4) is 0 Å².